The Hall–Kier alpha value is -0.680. The molecule has 5 fully saturated rings. The van der Waals surface area contributed by atoms with Crippen LogP contribution in [-0.4, -0.2) is 55.2 Å². The molecule has 30 heavy (non-hydrogen) atoms. The Bertz CT molecular complexity index is 638. The fourth-order valence-corrected chi connectivity index (χ4v) is 8.02. The molecular weight excluding hydrogens is 377 g/mol. The molecule has 1 amide bonds. The van der Waals surface area contributed by atoms with Gasteiger partial charge in [0.05, 0.1) is 6.04 Å². The summed E-state index contributed by atoms with van der Waals surface area (Å²) in [6, 6.07) is 1.08. The van der Waals surface area contributed by atoms with Crippen LogP contribution in [0.15, 0.2) is 0 Å². The fourth-order valence-electron chi connectivity index (χ4n) is 8.02. The molecule has 0 aromatic rings. The maximum absolute atomic E-state index is 14.4. The first-order valence-corrected chi connectivity index (χ1v) is 12.7. The average Bonchev–Trinajstić information content (AvgIpc) is 3.30. The van der Waals surface area contributed by atoms with E-state index in [0.717, 1.165) is 37.1 Å². The molecule has 5 aliphatic rings. The summed E-state index contributed by atoms with van der Waals surface area (Å²) in [4.78, 5) is 15.5. The number of carbonyl (C=O) groups excluding carboxylic acids is 1. The minimum absolute atomic E-state index is 0.0293. The van der Waals surface area contributed by atoms with Gasteiger partial charge < -0.3 is 15.5 Å². The van der Waals surface area contributed by atoms with E-state index < -0.39 is 6.17 Å². The Morgan fingerprint density at radius 1 is 1.07 bits per heavy atom. The number of carbonyl (C=O) groups is 1. The van der Waals surface area contributed by atoms with E-state index in [1.165, 1.54) is 38.5 Å². The van der Waals surface area contributed by atoms with Crippen molar-refractivity contribution in [1.82, 2.24) is 15.5 Å². The summed E-state index contributed by atoms with van der Waals surface area (Å²) in [5.74, 6) is 2.35. The zero-order valence-electron chi connectivity index (χ0n) is 19.2. The van der Waals surface area contributed by atoms with Crippen molar-refractivity contribution in [2.75, 3.05) is 14.1 Å². The van der Waals surface area contributed by atoms with E-state index >= 15 is 0 Å². The summed E-state index contributed by atoms with van der Waals surface area (Å²) in [5.41, 5.74) is 0.591. The molecule has 4 aliphatic carbocycles. The molecule has 4 nitrogen and oxygen atoms in total. The minimum atomic E-state index is -0.737. The lowest BCUT2D eigenvalue weighted by Gasteiger charge is -2.40. The highest BCUT2D eigenvalue weighted by molar-refractivity contribution is 5.82. The molecule has 10 atom stereocenters. The van der Waals surface area contributed by atoms with Gasteiger partial charge in [0.1, 0.15) is 6.17 Å². The monoisotopic (exact) mass is 419 g/mol. The van der Waals surface area contributed by atoms with Crippen molar-refractivity contribution in [3.8, 4) is 0 Å². The van der Waals surface area contributed by atoms with Crippen LogP contribution >= 0.6 is 0 Å². The van der Waals surface area contributed by atoms with Crippen molar-refractivity contribution in [2.24, 2.45) is 29.1 Å². The van der Waals surface area contributed by atoms with Gasteiger partial charge in [-0.2, -0.15) is 0 Å². The number of nitrogens with one attached hydrogen (secondary N) is 2. The van der Waals surface area contributed by atoms with Gasteiger partial charge >= 0.3 is 0 Å². The quantitative estimate of drug-likeness (QED) is 0.726. The SMILES string of the molecule is CC1CCC(F)C2CC(C(=O)NC3CCCC(C45CCC(N(C)C)CC4C5)C3)NC12. The lowest BCUT2D eigenvalue weighted by Crippen LogP contribution is -2.50. The summed E-state index contributed by atoms with van der Waals surface area (Å²) >= 11 is 0. The summed E-state index contributed by atoms with van der Waals surface area (Å²) in [5, 5.41) is 6.91. The first kappa shape index (κ1) is 21.2. The van der Waals surface area contributed by atoms with Crippen LogP contribution in [0.1, 0.15) is 77.6 Å². The molecule has 1 heterocycles. The molecule has 10 unspecified atom stereocenters. The Kier molecular flexibility index (Phi) is 5.67. The molecule has 0 bridgehead atoms. The van der Waals surface area contributed by atoms with Gasteiger partial charge in [0.25, 0.3) is 0 Å². The zero-order chi connectivity index (χ0) is 21.0. The standard InChI is InChI=1S/C25H42FN3O/c1-15-7-8-21(26)20-13-22(28-23(15)20)24(30)27-18-6-4-5-16(11-18)25-10-9-19(29(2)3)12-17(25)14-25/h15-23,28H,4-14H2,1-3H3,(H,27,30). The molecule has 170 valence electrons. The van der Waals surface area contributed by atoms with Crippen molar-refractivity contribution in [2.45, 2.75) is 108 Å². The molecule has 5 rings (SSSR count). The number of nitrogens with zero attached hydrogens (tertiary/aromatic N) is 1. The van der Waals surface area contributed by atoms with Crippen LogP contribution in [0.3, 0.4) is 0 Å². The van der Waals surface area contributed by atoms with Gasteiger partial charge in [-0.05, 0) is 101 Å². The lowest BCUT2D eigenvalue weighted by molar-refractivity contribution is -0.124. The van der Waals surface area contributed by atoms with Crippen molar-refractivity contribution < 1.29 is 9.18 Å². The topological polar surface area (TPSA) is 44.4 Å². The van der Waals surface area contributed by atoms with Gasteiger partial charge in [0, 0.05) is 24.0 Å². The average molecular weight is 420 g/mol. The maximum Gasteiger partial charge on any atom is 0.237 e. The third kappa shape index (κ3) is 3.72. The van der Waals surface area contributed by atoms with E-state index in [2.05, 4.69) is 36.6 Å². The molecule has 0 spiro atoms. The van der Waals surface area contributed by atoms with E-state index in [0.29, 0.717) is 30.2 Å². The predicted molar refractivity (Wildman–Crippen MR) is 118 cm³/mol. The molecule has 0 aromatic carbocycles. The summed E-state index contributed by atoms with van der Waals surface area (Å²) in [6.45, 7) is 2.21. The van der Waals surface area contributed by atoms with E-state index in [-0.39, 0.29) is 23.9 Å². The van der Waals surface area contributed by atoms with E-state index in [4.69, 9.17) is 0 Å². The molecule has 5 heteroatoms. The number of amides is 1. The third-order valence-corrected chi connectivity index (χ3v) is 10.00. The van der Waals surface area contributed by atoms with Crippen molar-refractivity contribution in [3.63, 3.8) is 0 Å². The number of hydrogen-bond acceptors (Lipinski definition) is 3. The second-order valence-corrected chi connectivity index (χ2v) is 11.8. The van der Waals surface area contributed by atoms with Gasteiger partial charge in [0.2, 0.25) is 5.91 Å². The fraction of sp³-hybridized carbons (Fsp3) is 0.960. The molecule has 2 N–H and O–H groups in total. The van der Waals surface area contributed by atoms with Gasteiger partial charge in [-0.3, -0.25) is 4.79 Å². The Labute approximate surface area is 182 Å². The van der Waals surface area contributed by atoms with Crippen LogP contribution in [0, 0.1) is 29.1 Å². The molecule has 1 aliphatic heterocycles. The largest absolute Gasteiger partial charge is 0.352 e. The molecule has 0 radical (unpaired) electrons. The van der Waals surface area contributed by atoms with Crippen LogP contribution in [-0.2, 0) is 4.79 Å². The smallest absolute Gasteiger partial charge is 0.237 e. The zero-order valence-corrected chi connectivity index (χ0v) is 19.2. The number of halogens is 1. The van der Waals surface area contributed by atoms with Gasteiger partial charge in [-0.1, -0.05) is 13.3 Å². The first-order chi connectivity index (χ1) is 14.4. The number of fused-ring (bicyclic) bond motifs is 2. The Morgan fingerprint density at radius 3 is 2.63 bits per heavy atom. The van der Waals surface area contributed by atoms with Crippen LogP contribution in [0.2, 0.25) is 0 Å². The Morgan fingerprint density at radius 2 is 1.90 bits per heavy atom. The van der Waals surface area contributed by atoms with Crippen molar-refractivity contribution in [1.29, 1.82) is 0 Å². The van der Waals surface area contributed by atoms with Crippen molar-refractivity contribution >= 4 is 5.91 Å². The first-order valence-electron chi connectivity index (χ1n) is 12.7. The second kappa shape index (κ2) is 8.03. The molecule has 4 saturated carbocycles. The maximum atomic E-state index is 14.4. The Balaban J connectivity index is 1.16. The van der Waals surface area contributed by atoms with Crippen LogP contribution in [0.25, 0.3) is 0 Å². The summed E-state index contributed by atoms with van der Waals surface area (Å²) in [6.07, 6.45) is 11.9. The van der Waals surface area contributed by atoms with E-state index in [1.54, 1.807) is 0 Å². The van der Waals surface area contributed by atoms with Gasteiger partial charge in [-0.15, -0.1) is 0 Å². The third-order valence-electron chi connectivity index (χ3n) is 10.00. The summed E-state index contributed by atoms with van der Waals surface area (Å²) in [7, 11) is 4.45. The van der Waals surface area contributed by atoms with Gasteiger partial charge in [0.15, 0.2) is 0 Å². The number of alkyl halides is 1. The minimum Gasteiger partial charge on any atom is -0.352 e. The number of hydrogen-bond donors (Lipinski definition) is 2. The van der Waals surface area contributed by atoms with E-state index in [9.17, 15) is 9.18 Å². The molecule has 0 aromatic heterocycles. The molecular formula is C25H42FN3O. The lowest BCUT2D eigenvalue weighted by atomic mass is 9.69. The highest BCUT2D eigenvalue weighted by Crippen LogP contribution is 2.68. The van der Waals surface area contributed by atoms with Crippen LogP contribution in [0.5, 0.6) is 0 Å². The van der Waals surface area contributed by atoms with Crippen LogP contribution < -0.4 is 10.6 Å². The number of rotatable bonds is 4. The van der Waals surface area contributed by atoms with Crippen LogP contribution in [0.4, 0.5) is 4.39 Å². The highest BCUT2D eigenvalue weighted by Gasteiger charge is 2.60. The molecule has 1 saturated heterocycles. The van der Waals surface area contributed by atoms with Crippen molar-refractivity contribution in [3.05, 3.63) is 0 Å². The normalized spacial score (nSPS) is 50.6. The highest BCUT2D eigenvalue weighted by atomic mass is 19.1. The van der Waals surface area contributed by atoms with E-state index in [1.807, 2.05) is 0 Å². The summed E-state index contributed by atoms with van der Waals surface area (Å²) < 4.78 is 14.4. The second-order valence-electron chi connectivity index (χ2n) is 11.8. The predicted octanol–water partition coefficient (Wildman–Crippen LogP) is 3.90. The van der Waals surface area contributed by atoms with Gasteiger partial charge in [-0.25, -0.2) is 4.39 Å².